The van der Waals surface area contributed by atoms with E-state index in [4.69, 9.17) is 23.5 Å². The normalized spacial score (nSPS) is 21.8. The van der Waals surface area contributed by atoms with Gasteiger partial charge in [-0.25, -0.2) is 14.4 Å². The summed E-state index contributed by atoms with van der Waals surface area (Å²) in [5.41, 5.74) is -0.824. The minimum absolute atomic E-state index is 0.155. The molecule has 16 heteroatoms. The minimum atomic E-state index is -3.67. The number of pyridine rings is 1. The van der Waals surface area contributed by atoms with Crippen LogP contribution < -0.4 is 4.74 Å². The fourth-order valence-corrected chi connectivity index (χ4v) is 3.47. The second-order valence-electron chi connectivity index (χ2n) is 5.92. The van der Waals surface area contributed by atoms with E-state index in [1.807, 2.05) is 0 Å². The standard InChI is InChI=1S/C16H19NO10S.CH4O3S/c1-21-14(18)25-10-8-28-13(24-9-5-4-6-17-7-9)12(27-16(20)23-3)11(10)26-15(19)22-2;1-5(2,3)4/h4-7,10-13H,8H2,1-3H3;1H3,(H,2,3,4)/t10-,11+,12-,13-;/m1./s1. The first kappa shape index (κ1) is 28.1. The quantitative estimate of drug-likeness (QED) is 0.339. The molecule has 186 valence electrons. The Bertz CT molecular complexity index is 872. The summed E-state index contributed by atoms with van der Waals surface area (Å²) in [6.07, 6.45) is -2.79. The molecule has 2 heterocycles. The zero-order valence-corrected chi connectivity index (χ0v) is 19.6. The third kappa shape index (κ3) is 10.9. The molecule has 1 fully saturated rings. The molecule has 0 amide bonds. The van der Waals surface area contributed by atoms with Gasteiger partial charge in [0, 0.05) is 11.9 Å². The molecule has 0 bridgehead atoms. The number of carbonyl (C=O) groups is 3. The highest BCUT2D eigenvalue weighted by Gasteiger charge is 2.49. The zero-order chi connectivity index (χ0) is 25.0. The van der Waals surface area contributed by atoms with E-state index in [1.165, 1.54) is 18.0 Å². The predicted molar refractivity (Wildman–Crippen MR) is 110 cm³/mol. The van der Waals surface area contributed by atoms with Crippen LogP contribution in [0.15, 0.2) is 24.5 Å². The molecule has 0 aliphatic carbocycles. The Balaban J connectivity index is 0.000000981. The van der Waals surface area contributed by atoms with Crippen LogP contribution in [0.5, 0.6) is 5.75 Å². The monoisotopic (exact) mass is 513 g/mol. The van der Waals surface area contributed by atoms with Crippen LogP contribution >= 0.6 is 11.8 Å². The molecule has 33 heavy (non-hydrogen) atoms. The largest absolute Gasteiger partial charge is 0.508 e. The fraction of sp³-hybridized carbons (Fsp3) is 0.529. The maximum absolute atomic E-state index is 11.7. The average Bonchev–Trinajstić information content (AvgIpc) is 2.76. The minimum Gasteiger partial charge on any atom is -0.474 e. The molecule has 4 atom stereocenters. The summed E-state index contributed by atoms with van der Waals surface area (Å²) < 4.78 is 60.7. The van der Waals surface area contributed by atoms with E-state index in [1.54, 1.807) is 18.3 Å². The average molecular weight is 513 g/mol. The molecule has 1 N–H and O–H groups in total. The second-order valence-corrected chi connectivity index (χ2v) is 8.52. The SMILES string of the molecule is COC(=O)O[C@@H]1[C@@H](OC(=O)OC)[C@H](OC(=O)OC)CS[C@H]1Oc1cccnc1.CS(=O)(=O)O. The van der Waals surface area contributed by atoms with Crippen LogP contribution in [0, 0.1) is 0 Å². The smallest absolute Gasteiger partial charge is 0.474 e. The predicted octanol–water partition coefficient (Wildman–Crippen LogP) is 1.49. The lowest BCUT2D eigenvalue weighted by Gasteiger charge is -2.39. The Hall–Kier alpha value is -2.98. The van der Waals surface area contributed by atoms with Crippen molar-refractivity contribution in [1.29, 1.82) is 0 Å². The third-order valence-corrected chi connectivity index (χ3v) is 4.70. The van der Waals surface area contributed by atoms with E-state index in [2.05, 4.69) is 19.2 Å². The van der Waals surface area contributed by atoms with Crippen molar-refractivity contribution in [3.63, 3.8) is 0 Å². The number of ether oxygens (including phenoxy) is 7. The van der Waals surface area contributed by atoms with Gasteiger partial charge in [0.2, 0.25) is 0 Å². The Labute approximate surface area is 193 Å². The van der Waals surface area contributed by atoms with E-state index < -0.39 is 52.3 Å². The Morgan fingerprint density at radius 1 is 1.00 bits per heavy atom. The summed E-state index contributed by atoms with van der Waals surface area (Å²) in [7, 11) is -0.311. The van der Waals surface area contributed by atoms with Crippen molar-refractivity contribution in [3.05, 3.63) is 24.5 Å². The molecule has 0 aromatic carbocycles. The summed E-state index contributed by atoms with van der Waals surface area (Å²) in [6.45, 7) is 0. The van der Waals surface area contributed by atoms with Crippen molar-refractivity contribution in [2.24, 2.45) is 0 Å². The molecule has 2 rings (SSSR count). The molecular weight excluding hydrogens is 490 g/mol. The summed E-state index contributed by atoms with van der Waals surface area (Å²) in [5, 5.41) is 0. The first-order chi connectivity index (χ1) is 15.5. The van der Waals surface area contributed by atoms with Crippen LogP contribution in [0.3, 0.4) is 0 Å². The lowest BCUT2D eigenvalue weighted by Crippen LogP contribution is -2.56. The van der Waals surface area contributed by atoms with Crippen molar-refractivity contribution in [3.8, 4) is 5.75 Å². The molecule has 1 aliphatic heterocycles. The van der Waals surface area contributed by atoms with E-state index in [-0.39, 0.29) is 5.75 Å². The fourth-order valence-electron chi connectivity index (χ4n) is 2.25. The topological polar surface area (TPSA) is 183 Å². The number of thioether (sulfide) groups is 1. The van der Waals surface area contributed by atoms with Crippen LogP contribution in [0.25, 0.3) is 0 Å². The molecule has 0 radical (unpaired) electrons. The molecule has 1 aromatic rings. The highest BCUT2D eigenvalue weighted by molar-refractivity contribution is 7.99. The summed E-state index contributed by atoms with van der Waals surface area (Å²) in [6, 6.07) is 3.31. The number of hydrogen-bond donors (Lipinski definition) is 1. The maximum Gasteiger partial charge on any atom is 0.508 e. The number of nitrogens with zero attached hydrogens (tertiary/aromatic N) is 1. The van der Waals surface area contributed by atoms with Crippen molar-refractivity contribution < 1.29 is 60.5 Å². The van der Waals surface area contributed by atoms with Gasteiger partial charge in [-0.05, 0) is 12.1 Å². The van der Waals surface area contributed by atoms with Crippen LogP contribution in [0.2, 0.25) is 0 Å². The van der Waals surface area contributed by atoms with Gasteiger partial charge in [-0.2, -0.15) is 8.42 Å². The maximum atomic E-state index is 11.7. The summed E-state index contributed by atoms with van der Waals surface area (Å²) in [5.74, 6) is 0.547. The number of aromatic nitrogens is 1. The van der Waals surface area contributed by atoms with Crippen LogP contribution in [0.1, 0.15) is 0 Å². The van der Waals surface area contributed by atoms with E-state index in [0.29, 0.717) is 12.0 Å². The van der Waals surface area contributed by atoms with Crippen molar-refractivity contribution >= 4 is 40.3 Å². The van der Waals surface area contributed by atoms with Crippen molar-refractivity contribution in [2.45, 2.75) is 23.7 Å². The third-order valence-electron chi connectivity index (χ3n) is 3.48. The van der Waals surface area contributed by atoms with E-state index in [0.717, 1.165) is 21.3 Å². The van der Waals surface area contributed by atoms with Gasteiger partial charge in [-0.3, -0.25) is 9.54 Å². The van der Waals surface area contributed by atoms with Crippen LogP contribution in [-0.2, 0) is 38.5 Å². The highest BCUT2D eigenvalue weighted by Crippen LogP contribution is 2.34. The van der Waals surface area contributed by atoms with Crippen LogP contribution in [-0.4, -0.2) is 93.5 Å². The van der Waals surface area contributed by atoms with Gasteiger partial charge in [0.15, 0.2) is 23.7 Å². The molecule has 14 nitrogen and oxygen atoms in total. The molecule has 1 aliphatic rings. The van der Waals surface area contributed by atoms with Gasteiger partial charge in [0.1, 0.15) is 5.75 Å². The lowest BCUT2D eigenvalue weighted by atomic mass is 10.1. The summed E-state index contributed by atoms with van der Waals surface area (Å²) >= 11 is 1.17. The van der Waals surface area contributed by atoms with Gasteiger partial charge < -0.3 is 33.2 Å². The van der Waals surface area contributed by atoms with Gasteiger partial charge in [-0.1, -0.05) is 0 Å². The molecular formula is C17H23NO13S2. The van der Waals surface area contributed by atoms with E-state index in [9.17, 15) is 22.8 Å². The first-order valence-corrected chi connectivity index (χ1v) is 11.7. The van der Waals surface area contributed by atoms with Crippen molar-refractivity contribution in [1.82, 2.24) is 4.98 Å². The van der Waals surface area contributed by atoms with E-state index >= 15 is 0 Å². The van der Waals surface area contributed by atoms with Gasteiger partial charge in [0.05, 0.1) is 33.8 Å². The molecule has 0 unspecified atom stereocenters. The molecule has 0 spiro atoms. The van der Waals surface area contributed by atoms with Gasteiger partial charge >= 0.3 is 18.5 Å². The highest BCUT2D eigenvalue weighted by atomic mass is 32.2. The summed E-state index contributed by atoms with van der Waals surface area (Å²) in [4.78, 5) is 38.9. The van der Waals surface area contributed by atoms with Crippen molar-refractivity contribution in [2.75, 3.05) is 33.3 Å². The molecule has 0 saturated carbocycles. The Kier molecular flexibility index (Phi) is 11.5. The first-order valence-electron chi connectivity index (χ1n) is 8.83. The van der Waals surface area contributed by atoms with Crippen LogP contribution in [0.4, 0.5) is 14.4 Å². The number of rotatable bonds is 5. The lowest BCUT2D eigenvalue weighted by molar-refractivity contribution is -0.116. The number of methoxy groups -OCH3 is 3. The Morgan fingerprint density at radius 3 is 2.00 bits per heavy atom. The number of hydrogen-bond acceptors (Lipinski definition) is 14. The van der Waals surface area contributed by atoms with Gasteiger partial charge in [0.25, 0.3) is 10.1 Å². The second kappa shape index (κ2) is 13.5. The zero-order valence-electron chi connectivity index (χ0n) is 17.9. The molecule has 1 aromatic heterocycles. The van der Waals surface area contributed by atoms with Gasteiger partial charge in [-0.15, -0.1) is 11.8 Å². The molecule has 1 saturated heterocycles. The number of carbonyl (C=O) groups excluding carboxylic acids is 3. The Morgan fingerprint density at radius 2 is 1.52 bits per heavy atom.